The molecule has 1 aliphatic rings. The van der Waals surface area contributed by atoms with E-state index in [0.29, 0.717) is 12.5 Å². The first-order valence-electron chi connectivity index (χ1n) is 4.76. The Bertz CT molecular complexity index is 179. The van der Waals surface area contributed by atoms with Gasteiger partial charge in [-0.15, -0.1) is 0 Å². The number of aliphatic imine (C=N–C) groups is 1. The van der Waals surface area contributed by atoms with Gasteiger partial charge in [0.25, 0.3) is 0 Å². The summed E-state index contributed by atoms with van der Waals surface area (Å²) in [5.41, 5.74) is 0.187. The van der Waals surface area contributed by atoms with Crippen molar-refractivity contribution in [3.05, 3.63) is 0 Å². The largest absolute Gasteiger partial charge is 0.290 e. The standard InChI is InChI=1S/C10H18FN/c1-4-8-7-9(12-8)5-6-10(2,3)11/h8H,4-7H2,1-3H3. The van der Waals surface area contributed by atoms with Crippen LogP contribution in [0.15, 0.2) is 4.99 Å². The summed E-state index contributed by atoms with van der Waals surface area (Å²) in [4.78, 5) is 4.39. The lowest BCUT2D eigenvalue weighted by molar-refractivity contribution is 0.204. The Morgan fingerprint density at radius 3 is 2.58 bits per heavy atom. The van der Waals surface area contributed by atoms with Gasteiger partial charge in [-0.3, -0.25) is 4.99 Å². The van der Waals surface area contributed by atoms with Gasteiger partial charge in [-0.05, 0) is 33.1 Å². The van der Waals surface area contributed by atoms with Crippen LogP contribution in [0.5, 0.6) is 0 Å². The highest BCUT2D eigenvalue weighted by Gasteiger charge is 2.22. The van der Waals surface area contributed by atoms with Crippen LogP contribution >= 0.6 is 0 Å². The number of alkyl halides is 1. The molecule has 1 rings (SSSR count). The predicted octanol–water partition coefficient (Wildman–Crippen LogP) is 3.14. The summed E-state index contributed by atoms with van der Waals surface area (Å²) in [5.74, 6) is 0. The Labute approximate surface area is 74.1 Å². The topological polar surface area (TPSA) is 12.4 Å². The SMILES string of the molecule is CCC1CC(CCC(C)(C)F)=N1. The molecule has 0 spiro atoms. The maximum Gasteiger partial charge on any atom is 0.105 e. The molecular formula is C10H18FN. The lowest BCUT2D eigenvalue weighted by Crippen LogP contribution is -2.25. The van der Waals surface area contributed by atoms with Crippen LogP contribution in [0.4, 0.5) is 4.39 Å². The van der Waals surface area contributed by atoms with Crippen LogP contribution in [-0.4, -0.2) is 17.4 Å². The molecule has 12 heavy (non-hydrogen) atoms. The van der Waals surface area contributed by atoms with Crippen LogP contribution in [0.1, 0.15) is 46.5 Å². The fourth-order valence-electron chi connectivity index (χ4n) is 1.36. The molecular weight excluding hydrogens is 153 g/mol. The van der Waals surface area contributed by atoms with E-state index in [2.05, 4.69) is 11.9 Å². The van der Waals surface area contributed by atoms with Gasteiger partial charge in [0.1, 0.15) is 5.67 Å². The summed E-state index contributed by atoms with van der Waals surface area (Å²) in [6.45, 7) is 5.40. The zero-order valence-electron chi connectivity index (χ0n) is 8.23. The zero-order chi connectivity index (χ0) is 9.19. The fourth-order valence-corrected chi connectivity index (χ4v) is 1.36. The average molecular weight is 171 g/mol. The molecule has 0 fully saturated rings. The molecule has 0 aromatic carbocycles. The minimum Gasteiger partial charge on any atom is -0.290 e. The van der Waals surface area contributed by atoms with Gasteiger partial charge >= 0.3 is 0 Å². The van der Waals surface area contributed by atoms with Crippen molar-refractivity contribution >= 4 is 5.71 Å². The summed E-state index contributed by atoms with van der Waals surface area (Å²) in [6, 6.07) is 0.544. The summed E-state index contributed by atoms with van der Waals surface area (Å²) in [6.07, 6.45) is 3.69. The van der Waals surface area contributed by atoms with Crippen LogP contribution in [0, 0.1) is 0 Å². The van der Waals surface area contributed by atoms with Crippen molar-refractivity contribution in [2.45, 2.75) is 58.2 Å². The van der Waals surface area contributed by atoms with E-state index < -0.39 is 5.67 Å². The Morgan fingerprint density at radius 2 is 2.17 bits per heavy atom. The van der Waals surface area contributed by atoms with Crippen molar-refractivity contribution < 1.29 is 4.39 Å². The smallest absolute Gasteiger partial charge is 0.105 e. The van der Waals surface area contributed by atoms with Crippen LogP contribution in [0.25, 0.3) is 0 Å². The van der Waals surface area contributed by atoms with Gasteiger partial charge in [-0.2, -0.15) is 0 Å². The average Bonchev–Trinajstić information content (AvgIpc) is 1.82. The van der Waals surface area contributed by atoms with E-state index in [-0.39, 0.29) is 0 Å². The van der Waals surface area contributed by atoms with Gasteiger partial charge in [0.2, 0.25) is 0 Å². The third kappa shape index (κ3) is 2.92. The molecule has 0 bridgehead atoms. The lowest BCUT2D eigenvalue weighted by Gasteiger charge is -2.24. The van der Waals surface area contributed by atoms with E-state index in [9.17, 15) is 4.39 Å². The first-order valence-corrected chi connectivity index (χ1v) is 4.76. The Kier molecular flexibility index (Phi) is 2.86. The molecule has 1 aliphatic heterocycles. The van der Waals surface area contributed by atoms with Crippen LogP contribution in [-0.2, 0) is 0 Å². The summed E-state index contributed by atoms with van der Waals surface area (Å²) < 4.78 is 13.0. The first kappa shape index (κ1) is 9.69. The zero-order valence-corrected chi connectivity index (χ0v) is 8.23. The van der Waals surface area contributed by atoms with E-state index in [1.165, 1.54) is 5.71 Å². The number of hydrogen-bond donors (Lipinski definition) is 0. The Morgan fingerprint density at radius 1 is 1.58 bits per heavy atom. The molecule has 0 saturated heterocycles. The second kappa shape index (κ2) is 3.55. The van der Waals surface area contributed by atoms with Crippen molar-refractivity contribution in [1.29, 1.82) is 0 Å². The molecule has 0 radical (unpaired) electrons. The van der Waals surface area contributed by atoms with E-state index in [1.54, 1.807) is 13.8 Å². The van der Waals surface area contributed by atoms with E-state index >= 15 is 0 Å². The summed E-state index contributed by atoms with van der Waals surface area (Å²) >= 11 is 0. The van der Waals surface area contributed by atoms with Crippen LogP contribution < -0.4 is 0 Å². The third-order valence-electron chi connectivity index (χ3n) is 2.32. The van der Waals surface area contributed by atoms with Crippen molar-refractivity contribution in [1.82, 2.24) is 0 Å². The Balaban J connectivity index is 2.19. The van der Waals surface area contributed by atoms with E-state index in [1.807, 2.05) is 0 Å². The number of halogens is 1. The van der Waals surface area contributed by atoms with Crippen molar-refractivity contribution in [3.63, 3.8) is 0 Å². The molecule has 0 amide bonds. The second-order valence-corrected chi connectivity index (χ2v) is 4.18. The minimum atomic E-state index is -1.03. The fraction of sp³-hybridized carbons (Fsp3) is 0.900. The predicted molar refractivity (Wildman–Crippen MR) is 50.6 cm³/mol. The molecule has 2 heteroatoms. The molecule has 0 aromatic rings. The van der Waals surface area contributed by atoms with E-state index in [0.717, 1.165) is 19.3 Å². The van der Waals surface area contributed by atoms with Crippen molar-refractivity contribution in [2.75, 3.05) is 0 Å². The molecule has 0 saturated carbocycles. The maximum absolute atomic E-state index is 13.0. The summed E-state index contributed by atoms with van der Waals surface area (Å²) in [7, 11) is 0. The molecule has 1 unspecified atom stereocenters. The van der Waals surface area contributed by atoms with Gasteiger partial charge in [0.15, 0.2) is 0 Å². The van der Waals surface area contributed by atoms with Gasteiger partial charge in [0, 0.05) is 12.1 Å². The molecule has 1 heterocycles. The van der Waals surface area contributed by atoms with Crippen molar-refractivity contribution in [3.8, 4) is 0 Å². The maximum atomic E-state index is 13.0. The highest BCUT2D eigenvalue weighted by atomic mass is 19.1. The number of rotatable bonds is 4. The minimum absolute atomic E-state index is 0.544. The highest BCUT2D eigenvalue weighted by molar-refractivity contribution is 5.89. The van der Waals surface area contributed by atoms with Gasteiger partial charge in [-0.25, -0.2) is 4.39 Å². The number of hydrogen-bond acceptors (Lipinski definition) is 1. The molecule has 0 aliphatic carbocycles. The molecule has 1 nitrogen and oxygen atoms in total. The Hall–Kier alpha value is -0.400. The number of nitrogens with zero attached hydrogens (tertiary/aromatic N) is 1. The van der Waals surface area contributed by atoms with Gasteiger partial charge in [-0.1, -0.05) is 6.92 Å². The first-order chi connectivity index (χ1) is 5.51. The van der Waals surface area contributed by atoms with Gasteiger partial charge in [0.05, 0.1) is 6.04 Å². The van der Waals surface area contributed by atoms with Crippen molar-refractivity contribution in [2.24, 2.45) is 4.99 Å². The van der Waals surface area contributed by atoms with Crippen LogP contribution in [0.2, 0.25) is 0 Å². The second-order valence-electron chi connectivity index (χ2n) is 4.18. The third-order valence-corrected chi connectivity index (χ3v) is 2.32. The summed E-state index contributed by atoms with van der Waals surface area (Å²) in [5, 5.41) is 0. The highest BCUT2D eigenvalue weighted by Crippen LogP contribution is 2.23. The van der Waals surface area contributed by atoms with E-state index in [4.69, 9.17) is 0 Å². The van der Waals surface area contributed by atoms with Gasteiger partial charge < -0.3 is 0 Å². The normalized spacial score (nSPS) is 23.3. The molecule has 1 atom stereocenters. The lowest BCUT2D eigenvalue weighted by atomic mass is 9.94. The monoisotopic (exact) mass is 171 g/mol. The van der Waals surface area contributed by atoms with Crippen LogP contribution in [0.3, 0.4) is 0 Å². The molecule has 0 N–H and O–H groups in total. The quantitative estimate of drug-likeness (QED) is 0.616. The molecule has 70 valence electrons. The molecule has 0 aromatic heterocycles.